The van der Waals surface area contributed by atoms with Crippen LogP contribution < -0.4 is 5.32 Å². The Labute approximate surface area is 106 Å². The number of nitrogens with one attached hydrogen (secondary N) is 1. The number of rotatable bonds is 7. The zero-order chi connectivity index (χ0) is 13.4. The number of unbranched alkanes of at least 4 members (excludes halogenated alkanes) is 1. The lowest BCUT2D eigenvalue weighted by molar-refractivity contribution is 0.0943. The first kappa shape index (κ1) is 14.1. The van der Waals surface area contributed by atoms with Gasteiger partial charge in [-0.25, -0.2) is 0 Å². The van der Waals surface area contributed by atoms with Gasteiger partial charge in [0.05, 0.1) is 5.69 Å². The maximum absolute atomic E-state index is 11.8. The van der Waals surface area contributed by atoms with Gasteiger partial charge in [-0.3, -0.25) is 9.48 Å². The maximum Gasteiger partial charge on any atom is 0.269 e. The summed E-state index contributed by atoms with van der Waals surface area (Å²) in [5, 5.41) is 10.5. The topological polar surface area (TPSA) is 95.7 Å². The van der Waals surface area contributed by atoms with Gasteiger partial charge in [0.1, 0.15) is 5.69 Å². The molecule has 0 aliphatic rings. The monoisotopic (exact) mass is 250 g/mol. The summed E-state index contributed by atoms with van der Waals surface area (Å²) in [4.78, 5) is 14.5. The molecular weight excluding hydrogens is 232 g/mol. The molecule has 1 aromatic heterocycles. The number of nitrogens with zero attached hydrogens (tertiary/aromatic N) is 5. The Bertz CT molecular complexity index is 446. The van der Waals surface area contributed by atoms with Crippen molar-refractivity contribution in [3.63, 3.8) is 0 Å². The standard InChI is InChI=1S/C11H18N6O/c1-3-9-8-10(17(2)15-9)11(18)13-6-4-5-7-14-16-12/h8H,3-7H2,1-2H3,(H,13,18). The summed E-state index contributed by atoms with van der Waals surface area (Å²) in [6, 6.07) is 1.80. The van der Waals surface area contributed by atoms with Crippen molar-refractivity contribution in [1.29, 1.82) is 0 Å². The highest BCUT2D eigenvalue weighted by Gasteiger charge is 2.11. The first-order chi connectivity index (χ1) is 8.69. The Morgan fingerprint density at radius 2 is 2.39 bits per heavy atom. The molecule has 0 aliphatic heterocycles. The lowest BCUT2D eigenvalue weighted by Crippen LogP contribution is -2.26. The van der Waals surface area contributed by atoms with E-state index in [1.165, 1.54) is 0 Å². The number of aromatic nitrogens is 2. The smallest absolute Gasteiger partial charge is 0.269 e. The summed E-state index contributed by atoms with van der Waals surface area (Å²) in [5.74, 6) is -0.117. The summed E-state index contributed by atoms with van der Waals surface area (Å²) in [7, 11) is 1.76. The fourth-order valence-corrected chi connectivity index (χ4v) is 1.56. The minimum Gasteiger partial charge on any atom is -0.351 e. The minimum absolute atomic E-state index is 0.117. The molecule has 0 fully saturated rings. The zero-order valence-electron chi connectivity index (χ0n) is 10.8. The molecule has 0 aliphatic carbocycles. The lowest BCUT2D eigenvalue weighted by atomic mass is 10.3. The van der Waals surface area contributed by atoms with Crippen LogP contribution in [0.3, 0.4) is 0 Å². The number of azide groups is 1. The third-order valence-electron chi connectivity index (χ3n) is 2.56. The van der Waals surface area contributed by atoms with Crippen LogP contribution in [-0.2, 0) is 13.5 Å². The average Bonchev–Trinajstić information content (AvgIpc) is 2.75. The second kappa shape index (κ2) is 7.34. The number of amides is 1. The number of aryl methyl sites for hydroxylation is 2. The highest BCUT2D eigenvalue weighted by molar-refractivity contribution is 5.92. The van der Waals surface area contributed by atoms with Crippen molar-refractivity contribution in [2.75, 3.05) is 13.1 Å². The molecule has 0 aromatic carbocycles. The van der Waals surface area contributed by atoms with Crippen molar-refractivity contribution in [3.8, 4) is 0 Å². The third-order valence-corrected chi connectivity index (χ3v) is 2.56. The predicted molar refractivity (Wildman–Crippen MR) is 68.2 cm³/mol. The van der Waals surface area contributed by atoms with Crippen LogP contribution in [0, 0.1) is 0 Å². The van der Waals surface area contributed by atoms with Crippen LogP contribution in [-0.4, -0.2) is 28.8 Å². The molecule has 7 nitrogen and oxygen atoms in total. The molecule has 0 unspecified atom stereocenters. The molecule has 1 rings (SSSR count). The van der Waals surface area contributed by atoms with Crippen molar-refractivity contribution in [2.45, 2.75) is 26.2 Å². The first-order valence-electron chi connectivity index (χ1n) is 6.01. The van der Waals surface area contributed by atoms with Crippen LogP contribution in [0.25, 0.3) is 10.4 Å². The first-order valence-corrected chi connectivity index (χ1v) is 6.01. The average molecular weight is 250 g/mol. The Morgan fingerprint density at radius 3 is 3.00 bits per heavy atom. The van der Waals surface area contributed by atoms with E-state index in [1.807, 2.05) is 6.92 Å². The second-order valence-electron chi connectivity index (χ2n) is 3.92. The van der Waals surface area contributed by atoms with Crippen LogP contribution in [0.5, 0.6) is 0 Å². The van der Waals surface area contributed by atoms with Crippen LogP contribution >= 0.6 is 0 Å². The van der Waals surface area contributed by atoms with Crippen molar-refractivity contribution in [2.24, 2.45) is 12.2 Å². The molecule has 1 N–H and O–H groups in total. The number of carbonyl (C=O) groups excluding carboxylic acids is 1. The summed E-state index contributed by atoms with van der Waals surface area (Å²) < 4.78 is 1.59. The van der Waals surface area contributed by atoms with Gasteiger partial charge in [-0.05, 0) is 30.9 Å². The molecule has 1 amide bonds. The molecule has 98 valence electrons. The number of hydrogen-bond acceptors (Lipinski definition) is 3. The molecule has 0 spiro atoms. The van der Waals surface area contributed by atoms with E-state index in [0.717, 1.165) is 25.0 Å². The number of carbonyl (C=O) groups is 1. The van der Waals surface area contributed by atoms with Crippen molar-refractivity contribution < 1.29 is 4.79 Å². The van der Waals surface area contributed by atoms with Crippen LogP contribution in [0.4, 0.5) is 0 Å². The van der Waals surface area contributed by atoms with Crippen LogP contribution in [0.15, 0.2) is 11.2 Å². The molecule has 0 bridgehead atoms. The SMILES string of the molecule is CCc1cc(C(=O)NCCCCN=[N+]=[N-])n(C)n1. The summed E-state index contributed by atoms with van der Waals surface area (Å²) in [5.41, 5.74) is 9.57. The molecule has 18 heavy (non-hydrogen) atoms. The zero-order valence-corrected chi connectivity index (χ0v) is 10.8. The minimum atomic E-state index is -0.117. The number of hydrogen-bond donors (Lipinski definition) is 1. The van der Waals surface area contributed by atoms with E-state index in [2.05, 4.69) is 20.4 Å². The maximum atomic E-state index is 11.8. The van der Waals surface area contributed by atoms with Gasteiger partial charge in [-0.1, -0.05) is 12.0 Å². The molecule has 1 heterocycles. The van der Waals surface area contributed by atoms with Crippen LogP contribution in [0.2, 0.25) is 0 Å². The Balaban J connectivity index is 2.36. The second-order valence-corrected chi connectivity index (χ2v) is 3.92. The molecule has 0 atom stereocenters. The van der Waals surface area contributed by atoms with Gasteiger partial charge in [-0.15, -0.1) is 0 Å². The summed E-state index contributed by atoms with van der Waals surface area (Å²) in [6.07, 6.45) is 2.38. The van der Waals surface area contributed by atoms with Gasteiger partial charge >= 0.3 is 0 Å². The third kappa shape index (κ3) is 4.10. The van der Waals surface area contributed by atoms with Crippen molar-refractivity contribution in [3.05, 3.63) is 27.9 Å². The van der Waals surface area contributed by atoms with E-state index in [1.54, 1.807) is 17.8 Å². The van der Waals surface area contributed by atoms with Gasteiger partial charge in [0.25, 0.3) is 5.91 Å². The Hall–Kier alpha value is -2.01. The molecule has 0 radical (unpaired) electrons. The Morgan fingerprint density at radius 1 is 1.61 bits per heavy atom. The van der Waals surface area contributed by atoms with Crippen molar-refractivity contribution in [1.82, 2.24) is 15.1 Å². The fraction of sp³-hybridized carbons (Fsp3) is 0.636. The van der Waals surface area contributed by atoms with Crippen LogP contribution in [0.1, 0.15) is 35.9 Å². The quantitative estimate of drug-likeness (QED) is 0.345. The Kier molecular flexibility index (Phi) is 5.73. The van der Waals surface area contributed by atoms with Gasteiger partial charge in [0.2, 0.25) is 0 Å². The van der Waals surface area contributed by atoms with E-state index in [-0.39, 0.29) is 5.91 Å². The normalized spacial score (nSPS) is 9.89. The highest BCUT2D eigenvalue weighted by atomic mass is 16.2. The van der Waals surface area contributed by atoms with E-state index < -0.39 is 0 Å². The van der Waals surface area contributed by atoms with E-state index >= 15 is 0 Å². The van der Waals surface area contributed by atoms with E-state index in [9.17, 15) is 4.79 Å². The van der Waals surface area contributed by atoms with E-state index in [4.69, 9.17) is 5.53 Å². The van der Waals surface area contributed by atoms with E-state index in [0.29, 0.717) is 18.8 Å². The summed E-state index contributed by atoms with van der Waals surface area (Å²) in [6.45, 7) is 3.05. The molecule has 1 aromatic rings. The van der Waals surface area contributed by atoms with Gasteiger partial charge in [0, 0.05) is 25.0 Å². The van der Waals surface area contributed by atoms with Gasteiger partial charge in [-0.2, -0.15) is 5.10 Å². The van der Waals surface area contributed by atoms with Crippen molar-refractivity contribution >= 4 is 5.91 Å². The molecule has 0 saturated heterocycles. The molecule has 0 saturated carbocycles. The molecule has 7 heteroatoms. The predicted octanol–water partition coefficient (Wildman–Crippen LogP) is 1.80. The lowest BCUT2D eigenvalue weighted by Gasteiger charge is -2.04. The molecular formula is C11H18N6O. The van der Waals surface area contributed by atoms with Gasteiger partial charge in [0.15, 0.2) is 0 Å². The largest absolute Gasteiger partial charge is 0.351 e. The highest BCUT2D eigenvalue weighted by Crippen LogP contribution is 2.03. The van der Waals surface area contributed by atoms with Gasteiger partial charge < -0.3 is 5.32 Å². The fourth-order valence-electron chi connectivity index (χ4n) is 1.56. The summed E-state index contributed by atoms with van der Waals surface area (Å²) >= 11 is 0.